The first kappa shape index (κ1) is 13.7. The molecule has 1 aliphatic heterocycles. The summed E-state index contributed by atoms with van der Waals surface area (Å²) in [6.07, 6.45) is 4.83. The van der Waals surface area contributed by atoms with E-state index in [1.807, 2.05) is 6.92 Å². The molecule has 0 bridgehead atoms. The summed E-state index contributed by atoms with van der Waals surface area (Å²) in [6, 6.07) is 0.425. The highest BCUT2D eigenvalue weighted by molar-refractivity contribution is 5.59. The first-order valence-electron chi connectivity index (χ1n) is 7.98. The van der Waals surface area contributed by atoms with Crippen molar-refractivity contribution in [2.75, 3.05) is 5.32 Å². The van der Waals surface area contributed by atoms with E-state index in [4.69, 9.17) is 4.74 Å². The van der Waals surface area contributed by atoms with Crippen LogP contribution in [0.1, 0.15) is 51.6 Å². The minimum atomic E-state index is 0.274. The number of aromatic nitrogens is 2. The first-order chi connectivity index (χ1) is 9.67. The van der Waals surface area contributed by atoms with E-state index in [1.165, 1.54) is 19.3 Å². The smallest absolute Gasteiger partial charge is 0.241 e. The Morgan fingerprint density at radius 1 is 1.15 bits per heavy atom. The number of aryl methyl sites for hydroxylation is 2. The van der Waals surface area contributed by atoms with E-state index in [-0.39, 0.29) is 6.10 Å². The fourth-order valence-electron chi connectivity index (χ4n) is 3.80. The highest BCUT2D eigenvalue weighted by Crippen LogP contribution is 2.44. The molecule has 0 saturated heterocycles. The fraction of sp³-hybridized carbons (Fsp3) is 0.750. The second kappa shape index (κ2) is 5.23. The summed E-state index contributed by atoms with van der Waals surface area (Å²) in [5, 5.41) is 3.72. The molecular formula is C16H25N3O. The van der Waals surface area contributed by atoms with Crippen LogP contribution in [0.2, 0.25) is 0 Å². The van der Waals surface area contributed by atoms with Crippen molar-refractivity contribution in [2.24, 2.45) is 11.8 Å². The molecule has 3 rings (SSSR count). The van der Waals surface area contributed by atoms with Gasteiger partial charge < -0.3 is 10.1 Å². The van der Waals surface area contributed by atoms with Gasteiger partial charge in [-0.05, 0) is 38.0 Å². The predicted molar refractivity (Wildman–Crippen MR) is 80.2 cm³/mol. The van der Waals surface area contributed by atoms with E-state index in [0.29, 0.717) is 17.9 Å². The van der Waals surface area contributed by atoms with Crippen molar-refractivity contribution in [2.45, 2.75) is 65.5 Å². The molecule has 1 aromatic heterocycles. The maximum Gasteiger partial charge on any atom is 0.241 e. The monoisotopic (exact) mass is 275 g/mol. The summed E-state index contributed by atoms with van der Waals surface area (Å²) in [4.78, 5) is 9.06. The molecule has 0 unspecified atom stereocenters. The van der Waals surface area contributed by atoms with Crippen molar-refractivity contribution < 1.29 is 4.74 Å². The van der Waals surface area contributed by atoms with E-state index >= 15 is 0 Å². The van der Waals surface area contributed by atoms with Gasteiger partial charge in [-0.25, -0.2) is 4.98 Å². The number of hydrogen-bond donors (Lipinski definition) is 1. The van der Waals surface area contributed by atoms with Crippen LogP contribution in [0.5, 0.6) is 5.88 Å². The maximum atomic E-state index is 6.30. The van der Waals surface area contributed by atoms with Crippen molar-refractivity contribution in [1.29, 1.82) is 0 Å². The van der Waals surface area contributed by atoms with Gasteiger partial charge in [-0.15, -0.1) is 0 Å². The molecule has 1 aliphatic carbocycles. The van der Waals surface area contributed by atoms with E-state index < -0.39 is 0 Å². The molecule has 1 saturated carbocycles. The third kappa shape index (κ3) is 2.05. The molecule has 1 N–H and O–H groups in total. The number of nitrogens with one attached hydrogen (secondary N) is 1. The lowest BCUT2D eigenvalue weighted by molar-refractivity contribution is 0.128. The zero-order valence-electron chi connectivity index (χ0n) is 12.9. The molecule has 0 spiro atoms. The zero-order valence-corrected chi connectivity index (χ0v) is 12.9. The number of ether oxygens (including phenoxy) is 1. The van der Waals surface area contributed by atoms with Gasteiger partial charge in [0.25, 0.3) is 0 Å². The van der Waals surface area contributed by atoms with Gasteiger partial charge in [-0.1, -0.05) is 27.2 Å². The van der Waals surface area contributed by atoms with Crippen LogP contribution in [-0.2, 0) is 6.42 Å². The lowest BCUT2D eigenvalue weighted by Gasteiger charge is -2.35. The Morgan fingerprint density at radius 3 is 2.55 bits per heavy atom. The number of rotatable bonds is 3. The van der Waals surface area contributed by atoms with Gasteiger partial charge in [-0.3, -0.25) is 0 Å². The van der Waals surface area contributed by atoms with Crippen LogP contribution in [0.15, 0.2) is 0 Å². The van der Waals surface area contributed by atoms with Crippen LogP contribution in [0.4, 0.5) is 5.69 Å². The molecule has 4 nitrogen and oxygen atoms in total. The van der Waals surface area contributed by atoms with Gasteiger partial charge >= 0.3 is 0 Å². The third-order valence-electron chi connectivity index (χ3n) is 4.94. The molecule has 0 amide bonds. The molecule has 2 heterocycles. The molecule has 1 fully saturated rings. The molecule has 20 heavy (non-hydrogen) atoms. The maximum absolute atomic E-state index is 6.30. The summed E-state index contributed by atoms with van der Waals surface area (Å²) in [7, 11) is 0. The summed E-state index contributed by atoms with van der Waals surface area (Å²) in [5.41, 5.74) is 2.12. The number of fused-ring (bicyclic) bond motifs is 2. The lowest BCUT2D eigenvalue weighted by atomic mass is 9.98. The van der Waals surface area contributed by atoms with Gasteiger partial charge in [-0.2, -0.15) is 4.98 Å². The van der Waals surface area contributed by atoms with Crippen molar-refractivity contribution in [3.05, 3.63) is 11.5 Å². The Bertz CT molecular complexity index is 503. The Balaban J connectivity index is 1.98. The van der Waals surface area contributed by atoms with Crippen LogP contribution in [0, 0.1) is 18.8 Å². The van der Waals surface area contributed by atoms with Crippen LogP contribution in [0.25, 0.3) is 0 Å². The molecule has 4 atom stereocenters. The van der Waals surface area contributed by atoms with Gasteiger partial charge in [0.15, 0.2) is 0 Å². The normalized spacial score (nSPS) is 31.2. The van der Waals surface area contributed by atoms with Crippen LogP contribution < -0.4 is 10.1 Å². The van der Waals surface area contributed by atoms with Crippen molar-refractivity contribution in [3.8, 4) is 5.88 Å². The highest BCUT2D eigenvalue weighted by Gasteiger charge is 2.46. The van der Waals surface area contributed by atoms with E-state index in [1.54, 1.807) is 0 Å². The summed E-state index contributed by atoms with van der Waals surface area (Å²) in [6.45, 7) is 8.62. The van der Waals surface area contributed by atoms with Gasteiger partial charge in [0.2, 0.25) is 5.88 Å². The Kier molecular flexibility index (Phi) is 3.57. The molecule has 110 valence electrons. The minimum absolute atomic E-state index is 0.274. The van der Waals surface area contributed by atoms with Crippen molar-refractivity contribution in [1.82, 2.24) is 9.97 Å². The van der Waals surface area contributed by atoms with Gasteiger partial charge in [0, 0.05) is 0 Å². The van der Waals surface area contributed by atoms with Crippen molar-refractivity contribution in [3.63, 3.8) is 0 Å². The summed E-state index contributed by atoms with van der Waals surface area (Å²) in [5.74, 6) is 2.92. The standard InChI is InChI=1S/C16H25N3O/c1-5-10-8-11(6-2)15-13(10)19-14-12(7-3)17-9(4)18-16(14)20-15/h10-11,13,15,19H,5-8H2,1-4H3/t10-,11-,13+,15+/m0/s1. The second-order valence-electron chi connectivity index (χ2n) is 6.08. The third-order valence-corrected chi connectivity index (χ3v) is 4.94. The Hall–Kier alpha value is -1.32. The summed E-state index contributed by atoms with van der Waals surface area (Å²) >= 11 is 0. The lowest BCUT2D eigenvalue weighted by Crippen LogP contribution is -2.43. The largest absolute Gasteiger partial charge is 0.470 e. The Morgan fingerprint density at radius 2 is 1.90 bits per heavy atom. The van der Waals surface area contributed by atoms with Crippen LogP contribution in [0.3, 0.4) is 0 Å². The first-order valence-corrected chi connectivity index (χ1v) is 7.98. The fourth-order valence-corrected chi connectivity index (χ4v) is 3.80. The molecule has 0 radical (unpaired) electrons. The second-order valence-corrected chi connectivity index (χ2v) is 6.08. The average molecular weight is 275 g/mol. The van der Waals surface area contributed by atoms with E-state index in [9.17, 15) is 0 Å². The number of nitrogens with zero attached hydrogens (tertiary/aromatic N) is 2. The number of anilines is 1. The number of hydrogen-bond acceptors (Lipinski definition) is 4. The highest BCUT2D eigenvalue weighted by atomic mass is 16.5. The SMILES string of the molecule is CCc1nc(C)nc2c1N[C@@H]1[C@@H](CC)C[C@H](CC)[C@H]1O2. The van der Waals surface area contributed by atoms with E-state index in [0.717, 1.165) is 29.5 Å². The van der Waals surface area contributed by atoms with E-state index in [2.05, 4.69) is 36.1 Å². The molecule has 1 aromatic rings. The quantitative estimate of drug-likeness (QED) is 0.919. The van der Waals surface area contributed by atoms with Gasteiger partial charge in [0.05, 0.1) is 11.7 Å². The topological polar surface area (TPSA) is 47.0 Å². The molecule has 0 aromatic carbocycles. The molecular weight excluding hydrogens is 250 g/mol. The predicted octanol–water partition coefficient (Wildman–Crippen LogP) is 3.35. The molecule has 2 aliphatic rings. The minimum Gasteiger partial charge on any atom is -0.470 e. The van der Waals surface area contributed by atoms with Crippen LogP contribution >= 0.6 is 0 Å². The summed E-state index contributed by atoms with van der Waals surface area (Å²) < 4.78 is 6.30. The van der Waals surface area contributed by atoms with Crippen LogP contribution in [-0.4, -0.2) is 22.1 Å². The average Bonchev–Trinajstić information content (AvgIpc) is 2.81. The zero-order chi connectivity index (χ0) is 14.3. The molecule has 4 heteroatoms. The Labute approximate surface area is 121 Å². The van der Waals surface area contributed by atoms with Crippen molar-refractivity contribution >= 4 is 5.69 Å². The van der Waals surface area contributed by atoms with Gasteiger partial charge in [0.1, 0.15) is 17.6 Å².